The molecule has 0 bridgehead atoms. The van der Waals surface area contributed by atoms with Gasteiger partial charge in [0.2, 0.25) is 0 Å². The van der Waals surface area contributed by atoms with Crippen LogP contribution < -0.4 is 0 Å². The third-order valence-electron chi connectivity index (χ3n) is 2.09. The number of carbonyl (C=O) groups excluding carboxylic acids is 1. The van der Waals surface area contributed by atoms with E-state index in [2.05, 4.69) is 0 Å². The molecule has 0 aliphatic heterocycles. The molecule has 11 heavy (non-hydrogen) atoms. The van der Waals surface area contributed by atoms with Crippen molar-refractivity contribution in [2.75, 3.05) is 0 Å². The summed E-state index contributed by atoms with van der Waals surface area (Å²) < 4.78 is 31.1. The van der Waals surface area contributed by atoms with E-state index >= 15 is 0 Å². The molecular formula is C10H18O. The highest BCUT2D eigenvalue weighted by atomic mass is 16.1. The van der Waals surface area contributed by atoms with E-state index in [-0.39, 0.29) is 12.3 Å². The topological polar surface area (TPSA) is 17.1 Å². The van der Waals surface area contributed by atoms with Gasteiger partial charge in [-0.1, -0.05) is 19.8 Å². The molecule has 1 rings (SSSR count). The lowest BCUT2D eigenvalue weighted by molar-refractivity contribution is -0.112. The first-order valence-corrected chi connectivity index (χ1v) is 4.27. The fourth-order valence-corrected chi connectivity index (χ4v) is 1.41. The van der Waals surface area contributed by atoms with Crippen molar-refractivity contribution in [3.8, 4) is 0 Å². The first-order valence-electron chi connectivity index (χ1n) is 6.35. The molecule has 0 saturated heterocycles. The molecule has 1 unspecified atom stereocenters. The molecule has 0 heterocycles. The van der Waals surface area contributed by atoms with Crippen LogP contribution in [0.4, 0.5) is 0 Å². The molecule has 1 fully saturated rings. The zero-order valence-electron chi connectivity index (χ0n) is 11.0. The first kappa shape index (κ1) is 4.64. The van der Waals surface area contributed by atoms with Gasteiger partial charge in [-0.2, -0.15) is 0 Å². The van der Waals surface area contributed by atoms with Crippen LogP contribution in [0, 0.1) is 11.8 Å². The second-order valence-corrected chi connectivity index (χ2v) is 3.04. The van der Waals surface area contributed by atoms with Gasteiger partial charge in [0.1, 0.15) is 6.29 Å². The molecular weight excluding hydrogens is 136 g/mol. The Morgan fingerprint density at radius 2 is 2.55 bits per heavy atom. The van der Waals surface area contributed by atoms with Gasteiger partial charge in [-0.05, 0) is 31.5 Å². The van der Waals surface area contributed by atoms with Gasteiger partial charge >= 0.3 is 0 Å². The molecule has 0 aromatic heterocycles. The van der Waals surface area contributed by atoms with Gasteiger partial charge in [0.05, 0.1) is 0 Å². The van der Waals surface area contributed by atoms with Crippen molar-refractivity contribution in [1.82, 2.24) is 0 Å². The fourth-order valence-electron chi connectivity index (χ4n) is 1.41. The predicted molar refractivity (Wildman–Crippen MR) is 46.4 cm³/mol. The Kier molecular flexibility index (Phi) is 1.91. The van der Waals surface area contributed by atoms with Crippen LogP contribution in [0.15, 0.2) is 0 Å². The van der Waals surface area contributed by atoms with Crippen molar-refractivity contribution in [2.24, 2.45) is 11.8 Å². The van der Waals surface area contributed by atoms with Crippen LogP contribution in [0.3, 0.4) is 0 Å². The quantitative estimate of drug-likeness (QED) is 0.577. The van der Waals surface area contributed by atoms with Gasteiger partial charge in [0.15, 0.2) is 0 Å². The standard InChI is InChI=1S/C10H18O/c1-2-3-9-4-6-10(8-11)7-5-9/h8-10H,2-7H2,1H3/t9-,10-/i4D,6D2,10D/t4?,9-,10-/m1/s1. The first-order chi connectivity index (χ1) is 6.89. The zero-order chi connectivity index (χ0) is 11.7. The van der Waals surface area contributed by atoms with Crippen molar-refractivity contribution in [3.63, 3.8) is 0 Å². The number of carbonyl (C=O) groups is 1. The van der Waals surface area contributed by atoms with E-state index in [0.717, 1.165) is 12.8 Å². The lowest BCUT2D eigenvalue weighted by Crippen LogP contribution is -2.14. The summed E-state index contributed by atoms with van der Waals surface area (Å²) in [5, 5.41) is 0. The summed E-state index contributed by atoms with van der Waals surface area (Å²) in [6.07, 6.45) is -0.0179. The lowest BCUT2D eigenvalue weighted by Gasteiger charge is -2.24. The molecule has 0 spiro atoms. The maximum Gasteiger partial charge on any atom is 0.123 e. The Morgan fingerprint density at radius 1 is 1.73 bits per heavy atom. The summed E-state index contributed by atoms with van der Waals surface area (Å²) in [6, 6.07) is 0. The van der Waals surface area contributed by atoms with Crippen molar-refractivity contribution in [2.45, 2.75) is 45.4 Å². The number of aldehydes is 1. The Bertz CT molecular complexity index is 244. The molecule has 3 atom stereocenters. The van der Waals surface area contributed by atoms with Crippen LogP contribution in [0.1, 0.15) is 50.9 Å². The van der Waals surface area contributed by atoms with Gasteiger partial charge in [0.25, 0.3) is 0 Å². The minimum atomic E-state index is -2.02. The van der Waals surface area contributed by atoms with Gasteiger partial charge < -0.3 is 4.79 Å². The van der Waals surface area contributed by atoms with Crippen molar-refractivity contribution in [3.05, 3.63) is 0 Å². The van der Waals surface area contributed by atoms with Gasteiger partial charge in [0, 0.05) is 11.4 Å². The number of hydrogen-bond acceptors (Lipinski definition) is 1. The normalized spacial score (nSPS) is 55.0. The summed E-state index contributed by atoms with van der Waals surface area (Å²) in [5.41, 5.74) is 0. The van der Waals surface area contributed by atoms with E-state index in [1.165, 1.54) is 0 Å². The Hall–Kier alpha value is -0.330. The average molecular weight is 158 g/mol. The molecule has 1 nitrogen and oxygen atoms in total. The minimum Gasteiger partial charge on any atom is -0.303 e. The third-order valence-corrected chi connectivity index (χ3v) is 2.09. The second kappa shape index (κ2) is 4.53. The molecule has 0 radical (unpaired) electrons. The van der Waals surface area contributed by atoms with E-state index < -0.39 is 18.7 Å². The number of rotatable bonds is 3. The monoisotopic (exact) mass is 158 g/mol. The van der Waals surface area contributed by atoms with Crippen molar-refractivity contribution < 1.29 is 10.3 Å². The van der Waals surface area contributed by atoms with Crippen LogP contribution in [0.2, 0.25) is 0 Å². The maximum absolute atomic E-state index is 10.8. The largest absolute Gasteiger partial charge is 0.303 e. The maximum atomic E-state index is 10.8. The van der Waals surface area contributed by atoms with Crippen molar-refractivity contribution >= 4 is 6.29 Å². The highest BCUT2D eigenvalue weighted by Crippen LogP contribution is 2.30. The molecule has 1 aliphatic rings. The average Bonchev–Trinajstić information content (AvgIpc) is 2.20. The van der Waals surface area contributed by atoms with Gasteiger partial charge in [-0.3, -0.25) is 0 Å². The Balaban J connectivity index is 2.88. The zero-order valence-corrected chi connectivity index (χ0v) is 6.97. The molecule has 0 amide bonds. The van der Waals surface area contributed by atoms with E-state index in [0.29, 0.717) is 12.7 Å². The van der Waals surface area contributed by atoms with Crippen LogP contribution in [-0.2, 0) is 4.79 Å². The lowest BCUT2D eigenvalue weighted by atomic mass is 9.81. The van der Waals surface area contributed by atoms with Crippen LogP contribution in [0.25, 0.3) is 0 Å². The molecule has 0 N–H and O–H groups in total. The smallest absolute Gasteiger partial charge is 0.123 e. The highest BCUT2D eigenvalue weighted by molar-refractivity contribution is 5.53. The van der Waals surface area contributed by atoms with E-state index in [1.807, 2.05) is 6.92 Å². The molecule has 1 saturated carbocycles. The Labute approximate surface area is 74.8 Å². The van der Waals surface area contributed by atoms with E-state index in [1.54, 1.807) is 0 Å². The second-order valence-electron chi connectivity index (χ2n) is 3.04. The van der Waals surface area contributed by atoms with Gasteiger partial charge in [-0.25, -0.2) is 0 Å². The van der Waals surface area contributed by atoms with Crippen LogP contribution in [-0.4, -0.2) is 6.29 Å². The summed E-state index contributed by atoms with van der Waals surface area (Å²) in [5.74, 6) is -1.73. The van der Waals surface area contributed by atoms with Crippen LogP contribution >= 0.6 is 0 Å². The predicted octanol–water partition coefficient (Wildman–Crippen LogP) is 2.79. The van der Waals surface area contributed by atoms with Crippen LogP contribution in [0.5, 0.6) is 0 Å². The summed E-state index contributed by atoms with van der Waals surface area (Å²) in [7, 11) is 0. The molecule has 64 valence electrons. The summed E-state index contributed by atoms with van der Waals surface area (Å²) in [6.45, 7) is 2.00. The SMILES string of the molecule is [2H]C1[C@@H](CCC)CC[C@]([2H])(C=O)C1([2H])[2H]. The van der Waals surface area contributed by atoms with E-state index in [4.69, 9.17) is 5.48 Å². The molecule has 0 aromatic rings. The fraction of sp³-hybridized carbons (Fsp3) is 0.900. The van der Waals surface area contributed by atoms with E-state index in [9.17, 15) is 4.79 Å². The molecule has 1 heteroatoms. The van der Waals surface area contributed by atoms with Crippen molar-refractivity contribution in [1.29, 1.82) is 0 Å². The third kappa shape index (κ3) is 2.64. The Morgan fingerprint density at radius 3 is 3.18 bits per heavy atom. The molecule has 1 aliphatic carbocycles. The minimum absolute atomic E-state index is 0.0107. The number of hydrogen-bond donors (Lipinski definition) is 0. The van der Waals surface area contributed by atoms with Gasteiger partial charge in [-0.15, -0.1) is 0 Å². The summed E-state index contributed by atoms with van der Waals surface area (Å²) in [4.78, 5) is 10.8. The molecule has 0 aromatic carbocycles. The highest BCUT2D eigenvalue weighted by Gasteiger charge is 2.19. The summed E-state index contributed by atoms with van der Waals surface area (Å²) >= 11 is 0.